The Balaban J connectivity index is 1.84. The third kappa shape index (κ3) is 2.36. The summed E-state index contributed by atoms with van der Waals surface area (Å²) in [6.45, 7) is 0.658. The van der Waals surface area contributed by atoms with Crippen molar-refractivity contribution in [2.45, 2.75) is 12.3 Å². The molecule has 0 aromatic heterocycles. The highest BCUT2D eigenvalue weighted by Gasteiger charge is 2.21. The number of phenolic OH excluding ortho intramolecular Hbond substituents is 1. The third-order valence-electron chi connectivity index (χ3n) is 3.55. The van der Waals surface area contributed by atoms with Gasteiger partial charge in [0.15, 0.2) is 0 Å². The highest BCUT2D eigenvalue weighted by Crippen LogP contribution is 2.35. The molecule has 0 amide bonds. The molecule has 0 bridgehead atoms. The average Bonchev–Trinajstić information content (AvgIpc) is 2.47. The normalized spacial score (nSPS) is 17.4. The number of ether oxygens (including phenoxy) is 2. The molecule has 0 fully saturated rings. The van der Waals surface area contributed by atoms with E-state index in [1.54, 1.807) is 19.2 Å². The number of fused-ring (bicyclic) bond motifs is 1. The fourth-order valence-electron chi connectivity index (χ4n) is 2.44. The molecule has 1 heterocycles. The molecule has 0 radical (unpaired) electrons. The molecule has 0 aliphatic carbocycles. The lowest BCUT2D eigenvalue weighted by atomic mass is 9.90. The van der Waals surface area contributed by atoms with Crippen LogP contribution in [0.5, 0.6) is 17.2 Å². The molecule has 1 atom stereocenters. The smallest absolute Gasteiger partial charge is 0.126 e. The zero-order chi connectivity index (χ0) is 13.2. The number of methoxy groups -OCH3 is 1. The van der Waals surface area contributed by atoms with Crippen molar-refractivity contribution in [1.82, 2.24) is 0 Å². The van der Waals surface area contributed by atoms with E-state index in [2.05, 4.69) is 6.07 Å². The van der Waals surface area contributed by atoms with E-state index in [9.17, 15) is 5.11 Å². The molecule has 3 heteroatoms. The van der Waals surface area contributed by atoms with Crippen molar-refractivity contribution in [3.63, 3.8) is 0 Å². The van der Waals surface area contributed by atoms with Gasteiger partial charge < -0.3 is 14.6 Å². The number of rotatable bonds is 2. The molecule has 1 aliphatic rings. The van der Waals surface area contributed by atoms with Gasteiger partial charge in [0, 0.05) is 12.0 Å². The Morgan fingerprint density at radius 2 is 1.95 bits per heavy atom. The second-order valence-corrected chi connectivity index (χ2v) is 4.78. The zero-order valence-electron chi connectivity index (χ0n) is 10.8. The summed E-state index contributed by atoms with van der Waals surface area (Å²) in [4.78, 5) is 0. The molecule has 2 aromatic rings. The van der Waals surface area contributed by atoms with E-state index in [1.165, 1.54) is 11.1 Å². The minimum atomic E-state index is 0.297. The van der Waals surface area contributed by atoms with Crippen molar-refractivity contribution >= 4 is 0 Å². The lowest BCUT2D eigenvalue weighted by molar-refractivity contribution is 0.261. The lowest BCUT2D eigenvalue weighted by Gasteiger charge is -2.26. The Kier molecular flexibility index (Phi) is 3.03. The van der Waals surface area contributed by atoms with Gasteiger partial charge in [0.2, 0.25) is 0 Å². The summed E-state index contributed by atoms with van der Waals surface area (Å²) >= 11 is 0. The largest absolute Gasteiger partial charge is 0.508 e. The highest BCUT2D eigenvalue weighted by molar-refractivity contribution is 5.43. The molecular weight excluding hydrogens is 240 g/mol. The number of hydrogen-bond acceptors (Lipinski definition) is 3. The van der Waals surface area contributed by atoms with Crippen LogP contribution in [0.15, 0.2) is 42.5 Å². The van der Waals surface area contributed by atoms with Crippen molar-refractivity contribution < 1.29 is 14.6 Å². The van der Waals surface area contributed by atoms with E-state index in [1.807, 2.05) is 24.3 Å². The predicted octanol–water partition coefficient (Wildman–Crippen LogP) is 3.12. The number of benzene rings is 2. The lowest BCUT2D eigenvalue weighted by Crippen LogP contribution is -2.19. The average molecular weight is 256 g/mol. The standard InChI is InChI=1S/C16H16O3/c1-18-15-7-4-12-8-13(10-19-16(12)9-15)11-2-5-14(17)6-3-11/h2-7,9,13,17H,8,10H2,1H3. The highest BCUT2D eigenvalue weighted by atomic mass is 16.5. The minimum absolute atomic E-state index is 0.297. The van der Waals surface area contributed by atoms with Crippen LogP contribution in [0.3, 0.4) is 0 Å². The molecule has 1 N–H and O–H groups in total. The van der Waals surface area contributed by atoms with Crippen LogP contribution in [0.25, 0.3) is 0 Å². The fraction of sp³-hybridized carbons (Fsp3) is 0.250. The van der Waals surface area contributed by atoms with Crippen LogP contribution in [-0.2, 0) is 6.42 Å². The van der Waals surface area contributed by atoms with E-state index in [4.69, 9.17) is 9.47 Å². The SMILES string of the molecule is COc1ccc2c(c1)OCC(c1ccc(O)cc1)C2. The summed E-state index contributed by atoms with van der Waals surface area (Å²) in [5.41, 5.74) is 2.39. The summed E-state index contributed by atoms with van der Waals surface area (Å²) in [6.07, 6.45) is 0.949. The van der Waals surface area contributed by atoms with Crippen molar-refractivity contribution in [2.24, 2.45) is 0 Å². The van der Waals surface area contributed by atoms with Gasteiger partial charge in [-0.1, -0.05) is 18.2 Å². The molecule has 1 aliphatic heterocycles. The van der Waals surface area contributed by atoms with Crippen LogP contribution in [0.4, 0.5) is 0 Å². The molecule has 0 saturated carbocycles. The van der Waals surface area contributed by atoms with Gasteiger partial charge in [0.25, 0.3) is 0 Å². The van der Waals surface area contributed by atoms with E-state index in [-0.39, 0.29) is 0 Å². The second kappa shape index (κ2) is 4.84. The first-order valence-corrected chi connectivity index (χ1v) is 6.35. The van der Waals surface area contributed by atoms with E-state index < -0.39 is 0 Å². The van der Waals surface area contributed by atoms with E-state index in [0.29, 0.717) is 18.3 Å². The summed E-state index contributed by atoms with van der Waals surface area (Å²) in [6, 6.07) is 13.3. The number of hydrogen-bond donors (Lipinski definition) is 1. The van der Waals surface area contributed by atoms with Gasteiger partial charge in [0.05, 0.1) is 13.7 Å². The maximum absolute atomic E-state index is 9.33. The Morgan fingerprint density at radius 1 is 1.16 bits per heavy atom. The molecule has 3 nitrogen and oxygen atoms in total. The topological polar surface area (TPSA) is 38.7 Å². The van der Waals surface area contributed by atoms with Gasteiger partial charge in [-0.05, 0) is 35.7 Å². The van der Waals surface area contributed by atoms with Crippen molar-refractivity contribution in [1.29, 1.82) is 0 Å². The Bertz CT molecular complexity index is 575. The molecular formula is C16H16O3. The van der Waals surface area contributed by atoms with Gasteiger partial charge in [-0.25, -0.2) is 0 Å². The molecule has 98 valence electrons. The number of phenols is 1. The van der Waals surface area contributed by atoms with Gasteiger partial charge in [-0.2, -0.15) is 0 Å². The van der Waals surface area contributed by atoms with Crippen LogP contribution >= 0.6 is 0 Å². The van der Waals surface area contributed by atoms with Crippen LogP contribution < -0.4 is 9.47 Å². The molecule has 0 saturated heterocycles. The van der Waals surface area contributed by atoms with E-state index >= 15 is 0 Å². The van der Waals surface area contributed by atoms with Crippen LogP contribution in [0.2, 0.25) is 0 Å². The molecule has 19 heavy (non-hydrogen) atoms. The van der Waals surface area contributed by atoms with Crippen molar-refractivity contribution in [2.75, 3.05) is 13.7 Å². The maximum atomic E-state index is 9.33. The van der Waals surface area contributed by atoms with Gasteiger partial charge in [-0.3, -0.25) is 0 Å². The van der Waals surface area contributed by atoms with Crippen LogP contribution in [0, 0.1) is 0 Å². The van der Waals surface area contributed by atoms with Crippen LogP contribution in [0.1, 0.15) is 17.0 Å². The third-order valence-corrected chi connectivity index (χ3v) is 3.55. The molecule has 1 unspecified atom stereocenters. The first-order valence-electron chi connectivity index (χ1n) is 6.35. The fourth-order valence-corrected chi connectivity index (χ4v) is 2.44. The molecule has 0 spiro atoms. The van der Waals surface area contributed by atoms with Gasteiger partial charge >= 0.3 is 0 Å². The number of aromatic hydroxyl groups is 1. The Hall–Kier alpha value is -2.16. The van der Waals surface area contributed by atoms with Crippen LogP contribution in [-0.4, -0.2) is 18.8 Å². The molecule has 2 aromatic carbocycles. The second-order valence-electron chi connectivity index (χ2n) is 4.78. The Labute approximate surface area is 112 Å². The quantitative estimate of drug-likeness (QED) is 0.897. The first kappa shape index (κ1) is 11.9. The molecule has 3 rings (SSSR count). The van der Waals surface area contributed by atoms with Crippen molar-refractivity contribution in [3.05, 3.63) is 53.6 Å². The maximum Gasteiger partial charge on any atom is 0.126 e. The zero-order valence-corrected chi connectivity index (χ0v) is 10.8. The summed E-state index contributed by atoms with van der Waals surface area (Å²) < 4.78 is 11.0. The minimum Gasteiger partial charge on any atom is -0.508 e. The first-order chi connectivity index (χ1) is 9.26. The summed E-state index contributed by atoms with van der Waals surface area (Å²) in [5, 5.41) is 9.33. The Morgan fingerprint density at radius 3 is 2.68 bits per heavy atom. The van der Waals surface area contributed by atoms with Crippen molar-refractivity contribution in [3.8, 4) is 17.2 Å². The van der Waals surface area contributed by atoms with Gasteiger partial charge in [-0.15, -0.1) is 0 Å². The summed E-state index contributed by atoms with van der Waals surface area (Å²) in [7, 11) is 1.66. The summed E-state index contributed by atoms with van der Waals surface area (Å²) in [5.74, 6) is 2.36. The van der Waals surface area contributed by atoms with Gasteiger partial charge in [0.1, 0.15) is 17.2 Å². The predicted molar refractivity (Wildman–Crippen MR) is 73.0 cm³/mol. The monoisotopic (exact) mass is 256 g/mol. The van der Waals surface area contributed by atoms with E-state index in [0.717, 1.165) is 17.9 Å².